The second kappa shape index (κ2) is 10.4. The van der Waals surface area contributed by atoms with Gasteiger partial charge in [-0.1, -0.05) is 39.0 Å². The highest BCUT2D eigenvalue weighted by atomic mass is 32.2. The molecule has 0 saturated carbocycles. The van der Waals surface area contributed by atoms with Crippen molar-refractivity contribution in [3.63, 3.8) is 0 Å². The molecule has 9 heteroatoms. The summed E-state index contributed by atoms with van der Waals surface area (Å²) in [6, 6.07) is 11.1. The zero-order chi connectivity index (χ0) is 24.2. The molecular weight excluding hydrogens is 442 g/mol. The van der Waals surface area contributed by atoms with E-state index in [1.165, 1.54) is 6.07 Å². The van der Waals surface area contributed by atoms with Crippen molar-refractivity contribution in [3.05, 3.63) is 53.6 Å². The van der Waals surface area contributed by atoms with Gasteiger partial charge < -0.3 is 15.0 Å². The molecule has 0 spiro atoms. The summed E-state index contributed by atoms with van der Waals surface area (Å²) in [5.41, 5.74) is 2.35. The van der Waals surface area contributed by atoms with E-state index in [2.05, 4.69) is 10.0 Å². The lowest BCUT2D eigenvalue weighted by molar-refractivity contribution is -0.123. The van der Waals surface area contributed by atoms with Gasteiger partial charge >= 0.3 is 0 Å². The molecule has 2 aromatic carbocycles. The number of ether oxygens (including phenoxy) is 1. The highest BCUT2D eigenvalue weighted by Crippen LogP contribution is 2.30. The highest BCUT2D eigenvalue weighted by molar-refractivity contribution is 7.89. The van der Waals surface area contributed by atoms with Crippen LogP contribution < -0.4 is 19.7 Å². The Bertz CT molecular complexity index is 1130. The summed E-state index contributed by atoms with van der Waals surface area (Å²) in [6.45, 7) is 6.13. The second-order valence-corrected chi connectivity index (χ2v) is 10.0. The van der Waals surface area contributed by atoms with Gasteiger partial charge in [-0.05, 0) is 42.2 Å². The predicted molar refractivity (Wildman–Crippen MR) is 127 cm³/mol. The minimum atomic E-state index is -3.95. The third-order valence-electron chi connectivity index (χ3n) is 5.74. The Kier molecular flexibility index (Phi) is 7.76. The number of hydrogen-bond donors (Lipinski definition) is 2. The molecule has 2 amide bonds. The normalized spacial score (nSPS) is 14.2. The van der Waals surface area contributed by atoms with Gasteiger partial charge in [0.2, 0.25) is 21.8 Å². The summed E-state index contributed by atoms with van der Waals surface area (Å²) in [6.07, 6.45) is 0.985. The Morgan fingerprint density at radius 3 is 2.55 bits per heavy atom. The SMILES string of the molecule is CCC(=O)N1CCc2cc(S(=O)(=O)N[C@@H](C(=O)NCc3ccccc3OC)C(C)C)ccc21. The molecule has 1 aliphatic rings. The molecule has 0 saturated heterocycles. The molecule has 2 N–H and O–H groups in total. The van der Waals surface area contributed by atoms with Crippen LogP contribution in [0.25, 0.3) is 0 Å². The summed E-state index contributed by atoms with van der Waals surface area (Å²) in [4.78, 5) is 26.7. The largest absolute Gasteiger partial charge is 0.496 e. The lowest BCUT2D eigenvalue weighted by Crippen LogP contribution is -2.49. The van der Waals surface area contributed by atoms with E-state index in [1.807, 2.05) is 18.2 Å². The number of carbonyl (C=O) groups excluding carboxylic acids is 2. The summed E-state index contributed by atoms with van der Waals surface area (Å²) in [5, 5.41) is 2.81. The fraction of sp³-hybridized carbons (Fsp3) is 0.417. The number of hydrogen-bond acceptors (Lipinski definition) is 5. The van der Waals surface area contributed by atoms with E-state index in [0.717, 1.165) is 16.8 Å². The number of nitrogens with one attached hydrogen (secondary N) is 2. The van der Waals surface area contributed by atoms with Crippen LogP contribution in [0.5, 0.6) is 5.75 Å². The average molecular weight is 474 g/mol. The van der Waals surface area contributed by atoms with Gasteiger partial charge in [-0.15, -0.1) is 0 Å². The van der Waals surface area contributed by atoms with Gasteiger partial charge in [0.25, 0.3) is 0 Å². The van der Waals surface area contributed by atoms with E-state index in [4.69, 9.17) is 4.74 Å². The van der Waals surface area contributed by atoms with E-state index in [-0.39, 0.29) is 23.3 Å². The number of rotatable bonds is 9. The maximum atomic E-state index is 13.1. The van der Waals surface area contributed by atoms with Crippen molar-refractivity contribution >= 4 is 27.5 Å². The number of amides is 2. The van der Waals surface area contributed by atoms with Crippen molar-refractivity contribution < 1.29 is 22.7 Å². The summed E-state index contributed by atoms with van der Waals surface area (Å²) < 4.78 is 34.1. The van der Waals surface area contributed by atoms with Crippen molar-refractivity contribution in [2.45, 2.75) is 51.1 Å². The van der Waals surface area contributed by atoms with E-state index < -0.39 is 22.0 Å². The molecule has 0 fully saturated rings. The number of nitrogens with zero attached hydrogens (tertiary/aromatic N) is 1. The van der Waals surface area contributed by atoms with Gasteiger partial charge in [0.15, 0.2) is 0 Å². The van der Waals surface area contributed by atoms with Crippen LogP contribution in [0.3, 0.4) is 0 Å². The Morgan fingerprint density at radius 2 is 1.88 bits per heavy atom. The second-order valence-electron chi connectivity index (χ2n) is 8.31. The van der Waals surface area contributed by atoms with Gasteiger partial charge in [-0.3, -0.25) is 9.59 Å². The lowest BCUT2D eigenvalue weighted by atomic mass is 10.0. The maximum Gasteiger partial charge on any atom is 0.241 e. The molecule has 3 rings (SSSR count). The van der Waals surface area contributed by atoms with Gasteiger partial charge in [-0.25, -0.2) is 8.42 Å². The molecular formula is C24H31N3O5S. The first-order valence-corrected chi connectivity index (χ1v) is 12.5. The first kappa shape index (κ1) is 24.7. The molecule has 33 heavy (non-hydrogen) atoms. The molecule has 1 aliphatic heterocycles. The zero-order valence-electron chi connectivity index (χ0n) is 19.4. The molecule has 1 atom stereocenters. The smallest absolute Gasteiger partial charge is 0.241 e. The fourth-order valence-electron chi connectivity index (χ4n) is 3.86. The molecule has 8 nitrogen and oxygen atoms in total. The standard InChI is InChI=1S/C24H31N3O5S/c1-5-22(28)27-13-12-17-14-19(10-11-20(17)27)33(30,31)26-23(16(2)3)24(29)25-15-18-8-6-7-9-21(18)32-4/h6-11,14,16,23,26H,5,12-13,15H2,1-4H3,(H,25,29)/t23-/m1/s1. The molecule has 0 aliphatic carbocycles. The van der Waals surface area contributed by atoms with Gasteiger partial charge in [0.05, 0.1) is 12.0 Å². The van der Waals surface area contributed by atoms with Crippen molar-refractivity contribution in [2.24, 2.45) is 5.92 Å². The Morgan fingerprint density at radius 1 is 1.15 bits per heavy atom. The van der Waals surface area contributed by atoms with Crippen LogP contribution in [-0.4, -0.2) is 39.9 Å². The minimum Gasteiger partial charge on any atom is -0.496 e. The third kappa shape index (κ3) is 5.54. The van der Waals surface area contributed by atoms with Crippen LogP contribution >= 0.6 is 0 Å². The van der Waals surface area contributed by atoms with Crippen LogP contribution in [0.1, 0.15) is 38.3 Å². The Hall–Kier alpha value is -2.91. The molecule has 0 aromatic heterocycles. The average Bonchev–Trinajstić information content (AvgIpc) is 3.24. The minimum absolute atomic E-state index is 0.00840. The van der Waals surface area contributed by atoms with E-state index in [1.54, 1.807) is 51.0 Å². The van der Waals surface area contributed by atoms with Crippen LogP contribution in [0.2, 0.25) is 0 Å². The van der Waals surface area contributed by atoms with E-state index in [0.29, 0.717) is 25.1 Å². The summed E-state index contributed by atoms with van der Waals surface area (Å²) in [5.74, 6) is -0.0350. The Labute approximate surface area is 195 Å². The number of anilines is 1. The quantitative estimate of drug-likeness (QED) is 0.583. The number of fused-ring (bicyclic) bond motifs is 1. The van der Waals surface area contributed by atoms with Crippen LogP contribution in [0, 0.1) is 5.92 Å². The third-order valence-corrected chi connectivity index (χ3v) is 7.18. The van der Waals surface area contributed by atoms with Crippen molar-refractivity contribution in [3.8, 4) is 5.75 Å². The number of carbonyl (C=O) groups is 2. The van der Waals surface area contributed by atoms with Crippen molar-refractivity contribution in [1.29, 1.82) is 0 Å². The predicted octanol–water partition coefficient (Wildman–Crippen LogP) is 2.61. The molecule has 0 unspecified atom stereocenters. The van der Waals surface area contributed by atoms with Crippen molar-refractivity contribution in [2.75, 3.05) is 18.6 Å². The molecule has 0 bridgehead atoms. The van der Waals surface area contributed by atoms with Crippen LogP contribution in [0.4, 0.5) is 5.69 Å². The molecule has 0 radical (unpaired) electrons. The van der Waals surface area contributed by atoms with Crippen molar-refractivity contribution in [1.82, 2.24) is 10.0 Å². The zero-order valence-corrected chi connectivity index (χ0v) is 20.2. The van der Waals surface area contributed by atoms with E-state index in [9.17, 15) is 18.0 Å². The molecule has 178 valence electrons. The topological polar surface area (TPSA) is 105 Å². The summed E-state index contributed by atoms with van der Waals surface area (Å²) in [7, 11) is -2.39. The fourth-order valence-corrected chi connectivity index (χ4v) is 5.26. The van der Waals surface area contributed by atoms with Gasteiger partial charge in [0.1, 0.15) is 11.8 Å². The van der Waals surface area contributed by atoms with Crippen LogP contribution in [0.15, 0.2) is 47.4 Å². The number of para-hydroxylation sites is 1. The Balaban J connectivity index is 1.75. The summed E-state index contributed by atoms with van der Waals surface area (Å²) >= 11 is 0. The van der Waals surface area contributed by atoms with Gasteiger partial charge in [0, 0.05) is 30.8 Å². The number of methoxy groups -OCH3 is 1. The first-order chi connectivity index (χ1) is 15.7. The maximum absolute atomic E-state index is 13.1. The van der Waals surface area contributed by atoms with Gasteiger partial charge in [-0.2, -0.15) is 4.72 Å². The highest BCUT2D eigenvalue weighted by Gasteiger charge is 2.30. The lowest BCUT2D eigenvalue weighted by Gasteiger charge is -2.22. The molecule has 2 aromatic rings. The number of benzene rings is 2. The van der Waals surface area contributed by atoms with Crippen LogP contribution in [-0.2, 0) is 32.6 Å². The number of sulfonamides is 1. The monoisotopic (exact) mass is 473 g/mol. The first-order valence-electron chi connectivity index (χ1n) is 11.0. The molecule has 1 heterocycles. The van der Waals surface area contributed by atoms with E-state index >= 15 is 0 Å².